The highest BCUT2D eigenvalue weighted by Crippen LogP contribution is 2.24. The zero-order chi connectivity index (χ0) is 10.6. The Labute approximate surface area is 90.8 Å². The summed E-state index contributed by atoms with van der Waals surface area (Å²) in [6.07, 6.45) is 0. The van der Waals surface area contributed by atoms with Gasteiger partial charge in [-0.05, 0) is 5.56 Å². The molecular weight excluding hydrogens is 248 g/mol. The van der Waals surface area contributed by atoms with Crippen molar-refractivity contribution in [3.8, 4) is 0 Å². The molecule has 0 aliphatic carbocycles. The van der Waals surface area contributed by atoms with Crippen molar-refractivity contribution in [1.82, 2.24) is 0 Å². The van der Waals surface area contributed by atoms with Gasteiger partial charge in [0.05, 0.1) is 7.11 Å². The third-order valence-corrected chi connectivity index (χ3v) is 2.78. The van der Waals surface area contributed by atoms with Gasteiger partial charge in [0, 0.05) is 5.33 Å². The maximum Gasteiger partial charge on any atom is 0.343 e. The molecule has 1 N–H and O–H groups in total. The van der Waals surface area contributed by atoms with Crippen LogP contribution in [0.1, 0.15) is 5.56 Å². The van der Waals surface area contributed by atoms with Crippen LogP contribution in [0.3, 0.4) is 0 Å². The molecule has 76 valence electrons. The van der Waals surface area contributed by atoms with E-state index in [1.807, 2.05) is 6.07 Å². The topological polar surface area (TPSA) is 46.5 Å². The molecule has 14 heavy (non-hydrogen) atoms. The lowest BCUT2D eigenvalue weighted by atomic mass is 9.96. The summed E-state index contributed by atoms with van der Waals surface area (Å²) in [5, 5.41) is 10.1. The summed E-state index contributed by atoms with van der Waals surface area (Å²) in [6.45, 7) is 0. The van der Waals surface area contributed by atoms with Crippen molar-refractivity contribution >= 4 is 21.9 Å². The molecular formula is C10H11BrO3. The molecule has 1 aromatic carbocycles. The standard InChI is InChI=1S/C10H11BrO3/c1-14-9(12)10(13,7-11)8-5-3-2-4-6-8/h2-6,13H,7H2,1H3/t10-/m1/s1. The molecule has 1 rings (SSSR count). The summed E-state index contributed by atoms with van der Waals surface area (Å²) in [6, 6.07) is 8.68. The van der Waals surface area contributed by atoms with E-state index in [2.05, 4.69) is 20.7 Å². The number of carbonyl (C=O) groups is 1. The SMILES string of the molecule is COC(=O)[C@@](O)(CBr)c1ccccc1. The van der Waals surface area contributed by atoms with E-state index in [1.54, 1.807) is 24.3 Å². The maximum atomic E-state index is 11.4. The molecule has 4 heteroatoms. The summed E-state index contributed by atoms with van der Waals surface area (Å²) in [4.78, 5) is 11.4. The van der Waals surface area contributed by atoms with E-state index in [0.717, 1.165) is 0 Å². The number of carbonyl (C=O) groups excluding carboxylic acids is 1. The normalized spacial score (nSPS) is 14.5. The zero-order valence-corrected chi connectivity index (χ0v) is 9.32. The third-order valence-electron chi connectivity index (χ3n) is 1.97. The summed E-state index contributed by atoms with van der Waals surface area (Å²) in [5.41, 5.74) is -1.08. The predicted octanol–water partition coefficient (Wildman–Crippen LogP) is 1.44. The Morgan fingerprint density at radius 1 is 1.50 bits per heavy atom. The molecule has 0 aliphatic rings. The molecule has 0 spiro atoms. The van der Waals surface area contributed by atoms with Crippen molar-refractivity contribution in [1.29, 1.82) is 0 Å². The lowest BCUT2D eigenvalue weighted by Crippen LogP contribution is -2.38. The van der Waals surface area contributed by atoms with E-state index < -0.39 is 11.6 Å². The van der Waals surface area contributed by atoms with Gasteiger partial charge in [-0.2, -0.15) is 0 Å². The molecule has 0 aliphatic heterocycles. The van der Waals surface area contributed by atoms with E-state index in [-0.39, 0.29) is 5.33 Å². The minimum atomic E-state index is -1.60. The monoisotopic (exact) mass is 258 g/mol. The van der Waals surface area contributed by atoms with E-state index in [4.69, 9.17) is 0 Å². The Kier molecular flexibility index (Phi) is 3.66. The number of rotatable bonds is 3. The number of aliphatic hydroxyl groups is 1. The first-order chi connectivity index (χ1) is 6.65. The Morgan fingerprint density at radius 2 is 2.07 bits per heavy atom. The smallest absolute Gasteiger partial charge is 0.343 e. The van der Waals surface area contributed by atoms with Gasteiger partial charge >= 0.3 is 5.97 Å². The van der Waals surface area contributed by atoms with Crippen LogP contribution in [0.15, 0.2) is 30.3 Å². The zero-order valence-electron chi connectivity index (χ0n) is 7.74. The van der Waals surface area contributed by atoms with E-state index in [9.17, 15) is 9.90 Å². The lowest BCUT2D eigenvalue weighted by Gasteiger charge is -2.22. The molecule has 0 saturated heterocycles. The Hall–Kier alpha value is -0.870. The molecule has 0 aromatic heterocycles. The average molecular weight is 259 g/mol. The second kappa shape index (κ2) is 4.57. The van der Waals surface area contributed by atoms with Gasteiger partial charge in [0.15, 0.2) is 5.60 Å². The highest BCUT2D eigenvalue weighted by molar-refractivity contribution is 9.09. The summed E-state index contributed by atoms with van der Waals surface area (Å²) < 4.78 is 4.54. The first kappa shape index (κ1) is 11.2. The van der Waals surface area contributed by atoms with E-state index >= 15 is 0 Å². The fourth-order valence-corrected chi connectivity index (χ4v) is 1.68. The second-order valence-corrected chi connectivity index (χ2v) is 3.41. The van der Waals surface area contributed by atoms with Gasteiger partial charge in [-0.3, -0.25) is 0 Å². The number of methoxy groups -OCH3 is 1. The largest absolute Gasteiger partial charge is 0.467 e. The maximum absolute atomic E-state index is 11.4. The fourth-order valence-electron chi connectivity index (χ4n) is 1.13. The summed E-state index contributed by atoms with van der Waals surface area (Å²) >= 11 is 3.10. The van der Waals surface area contributed by atoms with Crippen LogP contribution >= 0.6 is 15.9 Å². The Morgan fingerprint density at radius 3 is 2.50 bits per heavy atom. The predicted molar refractivity (Wildman–Crippen MR) is 56.1 cm³/mol. The highest BCUT2D eigenvalue weighted by Gasteiger charge is 2.37. The molecule has 0 unspecified atom stereocenters. The van der Waals surface area contributed by atoms with Gasteiger partial charge in [-0.1, -0.05) is 46.3 Å². The molecule has 0 radical (unpaired) electrons. The minimum Gasteiger partial charge on any atom is -0.467 e. The molecule has 3 nitrogen and oxygen atoms in total. The number of halogens is 1. The van der Waals surface area contributed by atoms with Gasteiger partial charge < -0.3 is 9.84 Å². The number of esters is 1. The number of hydrogen-bond donors (Lipinski definition) is 1. The summed E-state index contributed by atoms with van der Waals surface area (Å²) in [5.74, 6) is -0.666. The van der Waals surface area contributed by atoms with Gasteiger partial charge in [0.1, 0.15) is 0 Å². The van der Waals surface area contributed by atoms with Gasteiger partial charge in [0.25, 0.3) is 0 Å². The number of hydrogen-bond acceptors (Lipinski definition) is 3. The van der Waals surface area contributed by atoms with Crippen molar-refractivity contribution in [2.75, 3.05) is 12.4 Å². The van der Waals surface area contributed by atoms with Gasteiger partial charge in [0.2, 0.25) is 0 Å². The molecule has 0 saturated carbocycles. The van der Waals surface area contributed by atoms with Gasteiger partial charge in [-0.15, -0.1) is 0 Å². The number of benzene rings is 1. The quantitative estimate of drug-likeness (QED) is 0.660. The van der Waals surface area contributed by atoms with E-state index in [1.165, 1.54) is 7.11 Å². The Bertz CT molecular complexity index is 312. The fraction of sp³-hybridized carbons (Fsp3) is 0.300. The van der Waals surface area contributed by atoms with Gasteiger partial charge in [-0.25, -0.2) is 4.79 Å². The average Bonchev–Trinajstić information content (AvgIpc) is 2.28. The molecule has 0 heterocycles. The first-order valence-electron chi connectivity index (χ1n) is 4.07. The van der Waals surface area contributed by atoms with Crippen LogP contribution in [-0.4, -0.2) is 23.5 Å². The second-order valence-electron chi connectivity index (χ2n) is 2.85. The van der Waals surface area contributed by atoms with E-state index in [0.29, 0.717) is 5.56 Å². The van der Waals surface area contributed by atoms with Crippen molar-refractivity contribution in [2.24, 2.45) is 0 Å². The molecule has 1 aromatic rings. The minimum absolute atomic E-state index is 0.108. The van der Waals surface area contributed by atoms with Crippen LogP contribution in [0.5, 0.6) is 0 Å². The summed E-state index contributed by atoms with van der Waals surface area (Å²) in [7, 11) is 1.25. The molecule has 0 bridgehead atoms. The molecule has 0 fully saturated rings. The lowest BCUT2D eigenvalue weighted by molar-refractivity contribution is -0.160. The van der Waals surface area contributed by atoms with Crippen molar-refractivity contribution in [3.63, 3.8) is 0 Å². The van der Waals surface area contributed by atoms with Crippen molar-refractivity contribution in [2.45, 2.75) is 5.60 Å². The van der Waals surface area contributed by atoms with Crippen LogP contribution in [0.25, 0.3) is 0 Å². The Balaban J connectivity index is 3.08. The number of ether oxygens (including phenoxy) is 1. The molecule has 1 atom stereocenters. The highest BCUT2D eigenvalue weighted by atomic mass is 79.9. The van der Waals surface area contributed by atoms with Crippen LogP contribution in [0.2, 0.25) is 0 Å². The number of alkyl halides is 1. The third kappa shape index (κ3) is 1.96. The van der Waals surface area contributed by atoms with Crippen LogP contribution in [0, 0.1) is 0 Å². The van der Waals surface area contributed by atoms with Crippen molar-refractivity contribution in [3.05, 3.63) is 35.9 Å². The van der Waals surface area contributed by atoms with Crippen LogP contribution in [-0.2, 0) is 15.1 Å². The van der Waals surface area contributed by atoms with Crippen LogP contribution in [0.4, 0.5) is 0 Å². The first-order valence-corrected chi connectivity index (χ1v) is 5.19. The van der Waals surface area contributed by atoms with Crippen molar-refractivity contribution < 1.29 is 14.6 Å². The molecule has 0 amide bonds. The van der Waals surface area contributed by atoms with Crippen LogP contribution < -0.4 is 0 Å².